The summed E-state index contributed by atoms with van der Waals surface area (Å²) in [5.74, 6) is -0.330. The number of rotatable bonds is 7. The number of ether oxygens (including phenoxy) is 1. The smallest absolute Gasteiger partial charge is 0.315 e. The number of aromatic nitrogens is 2. The highest BCUT2D eigenvalue weighted by Crippen LogP contribution is 2.18. The second-order valence-corrected chi connectivity index (χ2v) is 5.99. The van der Waals surface area contributed by atoms with Crippen molar-refractivity contribution in [3.8, 4) is 0 Å². The van der Waals surface area contributed by atoms with Gasteiger partial charge in [0.25, 0.3) is 0 Å². The van der Waals surface area contributed by atoms with Gasteiger partial charge in [-0.25, -0.2) is 0 Å². The fraction of sp³-hybridized carbons (Fsp3) is 0.636. The number of aryl methyl sites for hydroxylation is 1. The van der Waals surface area contributed by atoms with Crippen molar-refractivity contribution < 1.29 is 14.3 Å². The zero-order valence-electron chi connectivity index (χ0n) is 11.1. The second kappa shape index (κ2) is 8.11. The first-order valence-corrected chi connectivity index (χ1v) is 7.83. The topological polar surface area (TPSA) is 81.2 Å². The van der Waals surface area contributed by atoms with Crippen LogP contribution in [0, 0.1) is 0 Å². The fourth-order valence-electron chi connectivity index (χ4n) is 1.13. The highest BCUT2D eigenvalue weighted by atomic mass is 32.2. The average molecular weight is 303 g/mol. The van der Waals surface area contributed by atoms with Gasteiger partial charge in [0.1, 0.15) is 5.01 Å². The summed E-state index contributed by atoms with van der Waals surface area (Å²) in [5.41, 5.74) is 0. The Morgan fingerprint density at radius 3 is 2.74 bits per heavy atom. The Morgan fingerprint density at radius 1 is 1.42 bits per heavy atom. The lowest BCUT2D eigenvalue weighted by molar-refractivity contribution is -0.139. The summed E-state index contributed by atoms with van der Waals surface area (Å²) >= 11 is 2.59. The van der Waals surface area contributed by atoms with Crippen LogP contribution in [-0.4, -0.2) is 39.7 Å². The number of carbonyl (C=O) groups is 2. The predicted molar refractivity (Wildman–Crippen MR) is 76.5 cm³/mol. The quantitative estimate of drug-likeness (QED) is 0.773. The van der Waals surface area contributed by atoms with Crippen LogP contribution in [0.5, 0.6) is 0 Å². The Labute approximate surface area is 120 Å². The molecule has 1 aromatic rings. The number of carbonyl (C=O) groups excluding carboxylic acids is 2. The van der Waals surface area contributed by atoms with E-state index in [-0.39, 0.29) is 22.9 Å². The van der Waals surface area contributed by atoms with Crippen LogP contribution in [0.15, 0.2) is 0 Å². The molecule has 8 heteroatoms. The van der Waals surface area contributed by atoms with Crippen LogP contribution in [-0.2, 0) is 20.7 Å². The molecule has 0 aliphatic heterocycles. The third-order valence-corrected chi connectivity index (χ3v) is 4.22. The number of hydrogen-bond donors (Lipinski definition) is 1. The van der Waals surface area contributed by atoms with Crippen molar-refractivity contribution in [3.05, 3.63) is 5.01 Å². The summed E-state index contributed by atoms with van der Waals surface area (Å²) in [7, 11) is 0. The van der Waals surface area contributed by atoms with Crippen LogP contribution < -0.4 is 5.32 Å². The van der Waals surface area contributed by atoms with Crippen LogP contribution >= 0.6 is 23.1 Å². The molecule has 0 aromatic carbocycles. The number of amides is 1. The number of hydrogen-bond acceptors (Lipinski definition) is 7. The lowest BCUT2D eigenvalue weighted by Gasteiger charge is -2.09. The summed E-state index contributed by atoms with van der Waals surface area (Å²) < 4.78 is 4.80. The van der Waals surface area contributed by atoms with Gasteiger partial charge in [-0.15, -0.1) is 22.0 Å². The highest BCUT2D eigenvalue weighted by molar-refractivity contribution is 8.01. The van der Waals surface area contributed by atoms with E-state index < -0.39 is 0 Å². The first kappa shape index (κ1) is 15.9. The van der Waals surface area contributed by atoms with Gasteiger partial charge < -0.3 is 4.74 Å². The Kier molecular flexibility index (Phi) is 6.79. The van der Waals surface area contributed by atoms with Gasteiger partial charge in [-0.3, -0.25) is 14.9 Å². The molecular formula is C11H17N3O3S2. The minimum absolute atomic E-state index is 0.165. The fourth-order valence-corrected chi connectivity index (χ4v) is 2.49. The zero-order chi connectivity index (χ0) is 14.3. The molecular weight excluding hydrogens is 286 g/mol. The van der Waals surface area contributed by atoms with Crippen LogP contribution in [0.1, 0.15) is 25.8 Å². The monoisotopic (exact) mass is 303 g/mol. The first-order valence-electron chi connectivity index (χ1n) is 5.97. The molecule has 106 valence electrons. The van der Waals surface area contributed by atoms with Gasteiger partial charge in [0.2, 0.25) is 11.0 Å². The van der Waals surface area contributed by atoms with Crippen LogP contribution in [0.4, 0.5) is 5.13 Å². The molecule has 0 radical (unpaired) electrons. The van der Waals surface area contributed by atoms with E-state index in [1.165, 1.54) is 23.1 Å². The van der Waals surface area contributed by atoms with E-state index >= 15 is 0 Å². The van der Waals surface area contributed by atoms with E-state index in [4.69, 9.17) is 4.74 Å². The molecule has 0 saturated carbocycles. The van der Waals surface area contributed by atoms with E-state index in [0.29, 0.717) is 11.7 Å². The second-order valence-electron chi connectivity index (χ2n) is 3.60. The van der Waals surface area contributed by atoms with E-state index in [9.17, 15) is 9.59 Å². The molecule has 0 spiro atoms. The molecule has 0 fully saturated rings. The van der Waals surface area contributed by atoms with Crippen molar-refractivity contribution in [2.24, 2.45) is 0 Å². The van der Waals surface area contributed by atoms with Gasteiger partial charge in [0, 0.05) is 0 Å². The maximum absolute atomic E-state index is 11.8. The van der Waals surface area contributed by atoms with Crippen LogP contribution in [0.2, 0.25) is 0 Å². The van der Waals surface area contributed by atoms with Gasteiger partial charge in [-0.1, -0.05) is 18.3 Å². The number of nitrogens with zero attached hydrogens (tertiary/aromatic N) is 2. The molecule has 0 saturated heterocycles. The van der Waals surface area contributed by atoms with E-state index in [0.717, 1.165) is 11.4 Å². The molecule has 0 bridgehead atoms. The molecule has 19 heavy (non-hydrogen) atoms. The molecule has 6 nitrogen and oxygen atoms in total. The minimum Gasteiger partial charge on any atom is -0.465 e. The number of esters is 1. The van der Waals surface area contributed by atoms with Gasteiger partial charge >= 0.3 is 5.97 Å². The summed E-state index contributed by atoms with van der Waals surface area (Å²) in [4.78, 5) is 23.0. The molecule has 1 aromatic heterocycles. The number of thioether (sulfide) groups is 1. The Hall–Kier alpha value is -1.15. The van der Waals surface area contributed by atoms with E-state index in [2.05, 4.69) is 15.5 Å². The molecule has 0 unspecified atom stereocenters. The summed E-state index contributed by atoms with van der Waals surface area (Å²) in [6.07, 6.45) is 0.792. The average Bonchev–Trinajstić information content (AvgIpc) is 2.83. The third kappa shape index (κ3) is 5.56. The third-order valence-electron chi connectivity index (χ3n) is 2.13. The highest BCUT2D eigenvalue weighted by Gasteiger charge is 2.17. The van der Waals surface area contributed by atoms with Crippen molar-refractivity contribution >= 4 is 40.1 Å². The maximum atomic E-state index is 11.8. The molecule has 0 aliphatic rings. The molecule has 1 amide bonds. The largest absolute Gasteiger partial charge is 0.465 e. The van der Waals surface area contributed by atoms with Gasteiger partial charge in [0.05, 0.1) is 17.6 Å². The Morgan fingerprint density at radius 2 is 2.16 bits per heavy atom. The molecule has 1 N–H and O–H groups in total. The van der Waals surface area contributed by atoms with E-state index in [1.54, 1.807) is 13.8 Å². The SMILES string of the molecule is CCOC(=O)CS[C@@H](C)C(=O)Nc1nnc(CC)s1. The van der Waals surface area contributed by atoms with Gasteiger partial charge in [0.15, 0.2) is 0 Å². The normalized spacial score (nSPS) is 11.9. The zero-order valence-corrected chi connectivity index (χ0v) is 12.8. The Bertz CT molecular complexity index is 437. The first-order chi connectivity index (χ1) is 9.06. The van der Waals surface area contributed by atoms with Crippen molar-refractivity contribution in [2.45, 2.75) is 32.4 Å². The van der Waals surface area contributed by atoms with Gasteiger partial charge in [-0.05, 0) is 20.3 Å². The van der Waals surface area contributed by atoms with E-state index in [1.807, 2.05) is 6.92 Å². The van der Waals surface area contributed by atoms with Crippen LogP contribution in [0.25, 0.3) is 0 Å². The standard InChI is InChI=1S/C11H17N3O3S2/c1-4-8-13-14-11(19-8)12-10(16)7(3)18-6-9(15)17-5-2/h7H,4-6H2,1-3H3,(H,12,14,16)/t7-/m0/s1. The Balaban J connectivity index is 2.38. The lowest BCUT2D eigenvalue weighted by atomic mass is 10.4. The summed E-state index contributed by atoms with van der Waals surface area (Å²) in [5, 5.41) is 11.5. The summed E-state index contributed by atoms with van der Waals surface area (Å²) in [6.45, 7) is 5.81. The molecule has 1 rings (SSSR count). The molecule has 0 aliphatic carbocycles. The minimum atomic E-state index is -0.349. The van der Waals surface area contributed by atoms with Crippen molar-refractivity contribution in [2.75, 3.05) is 17.7 Å². The van der Waals surface area contributed by atoms with Crippen LogP contribution in [0.3, 0.4) is 0 Å². The number of anilines is 1. The van der Waals surface area contributed by atoms with Gasteiger partial charge in [-0.2, -0.15) is 0 Å². The predicted octanol–water partition coefficient (Wildman–Crippen LogP) is 1.72. The van der Waals surface area contributed by atoms with Crippen molar-refractivity contribution in [1.82, 2.24) is 10.2 Å². The summed E-state index contributed by atoms with van der Waals surface area (Å²) in [6, 6.07) is 0. The maximum Gasteiger partial charge on any atom is 0.315 e. The van der Waals surface area contributed by atoms with Crippen molar-refractivity contribution in [3.63, 3.8) is 0 Å². The lowest BCUT2D eigenvalue weighted by Crippen LogP contribution is -2.24. The number of nitrogens with one attached hydrogen (secondary N) is 1. The van der Waals surface area contributed by atoms with Crippen molar-refractivity contribution in [1.29, 1.82) is 0 Å². The molecule has 1 atom stereocenters. The molecule has 1 heterocycles.